The van der Waals surface area contributed by atoms with Gasteiger partial charge in [0.05, 0.1) is 12.1 Å². The van der Waals surface area contributed by atoms with E-state index in [0.29, 0.717) is 0 Å². The first kappa shape index (κ1) is 16.0. The second kappa shape index (κ2) is 6.45. The van der Waals surface area contributed by atoms with E-state index in [9.17, 15) is 4.79 Å². The van der Waals surface area contributed by atoms with Crippen molar-refractivity contribution in [3.05, 3.63) is 70.4 Å². The van der Waals surface area contributed by atoms with Crippen molar-refractivity contribution in [2.24, 2.45) is 0 Å². The first-order chi connectivity index (χ1) is 12.1. The van der Waals surface area contributed by atoms with E-state index in [-0.39, 0.29) is 18.1 Å². The van der Waals surface area contributed by atoms with E-state index in [1.807, 2.05) is 55.5 Å². The number of carbonyl (C=O) groups excluding carboxylic acids is 1. The summed E-state index contributed by atoms with van der Waals surface area (Å²) in [5, 5.41) is 7.78. The molecule has 1 aliphatic rings. The minimum Gasteiger partial charge on any atom is -0.459 e. The zero-order chi connectivity index (χ0) is 17.4. The summed E-state index contributed by atoms with van der Waals surface area (Å²) in [5.41, 5.74) is 3.19. The van der Waals surface area contributed by atoms with E-state index >= 15 is 0 Å². The molecule has 4 nitrogen and oxygen atoms in total. The number of furan rings is 1. The van der Waals surface area contributed by atoms with Crippen molar-refractivity contribution >= 4 is 28.6 Å². The van der Waals surface area contributed by atoms with E-state index in [2.05, 4.69) is 10.6 Å². The van der Waals surface area contributed by atoms with E-state index < -0.39 is 0 Å². The topological polar surface area (TPSA) is 54.3 Å². The van der Waals surface area contributed by atoms with Crippen LogP contribution in [-0.2, 0) is 6.42 Å². The number of amides is 2. The van der Waals surface area contributed by atoms with Crippen LogP contribution in [-0.4, -0.2) is 6.03 Å². The lowest BCUT2D eigenvalue weighted by atomic mass is 10.1. The van der Waals surface area contributed by atoms with E-state index in [1.165, 1.54) is 5.56 Å². The van der Waals surface area contributed by atoms with Crippen LogP contribution >= 0.6 is 11.6 Å². The van der Waals surface area contributed by atoms with E-state index in [4.69, 9.17) is 16.0 Å². The molecule has 2 unspecified atom stereocenters. The summed E-state index contributed by atoms with van der Waals surface area (Å²) in [6, 6.07) is 15.3. The molecule has 25 heavy (non-hydrogen) atoms. The Bertz CT molecular complexity index is 901. The number of rotatable bonds is 3. The van der Waals surface area contributed by atoms with Gasteiger partial charge in [-0.1, -0.05) is 35.9 Å². The molecule has 0 fully saturated rings. The standard InChI is InChI=1S/C20H19ClN2O2/c1-12(19-11-14-4-2-3-5-18(14)25-19)22-20(24)23-17-9-6-13-10-15(21)7-8-16(13)17/h2-5,7-8,10-12,17H,6,9H2,1H3,(H2,22,23,24). The molecule has 3 aromatic rings. The van der Waals surface area contributed by atoms with E-state index in [1.54, 1.807) is 0 Å². The molecule has 2 aromatic carbocycles. The SMILES string of the molecule is CC(NC(=O)NC1CCc2cc(Cl)ccc21)c1cc2ccccc2o1. The fraction of sp³-hybridized carbons (Fsp3) is 0.250. The van der Waals surface area contributed by atoms with Crippen molar-refractivity contribution < 1.29 is 9.21 Å². The van der Waals surface area contributed by atoms with Gasteiger partial charge in [0.15, 0.2) is 0 Å². The van der Waals surface area contributed by atoms with Crippen LogP contribution in [0.3, 0.4) is 0 Å². The minimum absolute atomic E-state index is 0.0233. The van der Waals surface area contributed by atoms with Crippen LogP contribution in [0.25, 0.3) is 11.0 Å². The van der Waals surface area contributed by atoms with Gasteiger partial charge in [-0.25, -0.2) is 4.79 Å². The number of fused-ring (bicyclic) bond motifs is 2. The fourth-order valence-electron chi connectivity index (χ4n) is 3.42. The summed E-state index contributed by atoms with van der Waals surface area (Å²) >= 11 is 6.04. The molecule has 2 N–H and O–H groups in total. The average Bonchev–Trinajstić information content (AvgIpc) is 3.18. The lowest BCUT2D eigenvalue weighted by Gasteiger charge is -2.17. The maximum absolute atomic E-state index is 12.4. The highest BCUT2D eigenvalue weighted by Gasteiger charge is 2.25. The summed E-state index contributed by atoms with van der Waals surface area (Å²) in [6.07, 6.45) is 1.82. The van der Waals surface area contributed by atoms with Crippen LogP contribution in [0.4, 0.5) is 4.79 Å². The highest BCUT2D eigenvalue weighted by Crippen LogP contribution is 2.33. The Morgan fingerprint density at radius 1 is 1.24 bits per heavy atom. The Kier molecular flexibility index (Phi) is 4.14. The molecule has 0 saturated carbocycles. The molecule has 0 spiro atoms. The van der Waals surface area contributed by atoms with Gasteiger partial charge >= 0.3 is 6.03 Å². The number of benzene rings is 2. The van der Waals surface area contributed by atoms with Gasteiger partial charge in [-0.2, -0.15) is 0 Å². The highest BCUT2D eigenvalue weighted by atomic mass is 35.5. The van der Waals surface area contributed by atoms with Crippen molar-refractivity contribution in [1.29, 1.82) is 0 Å². The average molecular weight is 355 g/mol. The van der Waals surface area contributed by atoms with Gasteiger partial charge in [-0.05, 0) is 55.2 Å². The number of para-hydroxylation sites is 1. The third-order valence-electron chi connectivity index (χ3n) is 4.71. The maximum Gasteiger partial charge on any atom is 0.315 e. The lowest BCUT2D eigenvalue weighted by molar-refractivity contribution is 0.232. The van der Waals surface area contributed by atoms with Crippen LogP contribution in [0, 0.1) is 0 Å². The Morgan fingerprint density at radius 3 is 2.92 bits per heavy atom. The van der Waals surface area contributed by atoms with Crippen molar-refractivity contribution in [1.82, 2.24) is 10.6 Å². The Labute approximate surface area is 151 Å². The fourth-order valence-corrected chi connectivity index (χ4v) is 3.61. The summed E-state index contributed by atoms with van der Waals surface area (Å²) < 4.78 is 5.81. The van der Waals surface area contributed by atoms with Gasteiger partial charge in [-0.15, -0.1) is 0 Å². The first-order valence-electron chi connectivity index (χ1n) is 8.44. The largest absolute Gasteiger partial charge is 0.459 e. The second-order valence-electron chi connectivity index (χ2n) is 6.46. The van der Waals surface area contributed by atoms with Crippen LogP contribution in [0.15, 0.2) is 52.9 Å². The van der Waals surface area contributed by atoms with Crippen LogP contribution in [0.5, 0.6) is 0 Å². The quantitative estimate of drug-likeness (QED) is 0.684. The highest BCUT2D eigenvalue weighted by molar-refractivity contribution is 6.30. The minimum atomic E-state index is -0.210. The van der Waals surface area contributed by atoms with Crippen molar-refractivity contribution in [3.8, 4) is 0 Å². The molecule has 1 aromatic heterocycles. The normalized spacial score (nSPS) is 17.3. The van der Waals surface area contributed by atoms with Gasteiger partial charge in [0.25, 0.3) is 0 Å². The number of hydrogen-bond donors (Lipinski definition) is 2. The molecule has 0 saturated heterocycles. The number of urea groups is 1. The molecule has 2 atom stereocenters. The monoisotopic (exact) mass is 354 g/mol. The van der Waals surface area contributed by atoms with Gasteiger partial charge < -0.3 is 15.1 Å². The summed E-state index contributed by atoms with van der Waals surface area (Å²) in [4.78, 5) is 12.4. The van der Waals surface area contributed by atoms with Crippen LogP contribution < -0.4 is 10.6 Å². The molecule has 2 amide bonds. The molecule has 128 valence electrons. The summed E-state index contributed by atoms with van der Waals surface area (Å²) in [7, 11) is 0. The molecule has 0 bridgehead atoms. The Balaban J connectivity index is 1.42. The number of hydrogen-bond acceptors (Lipinski definition) is 2. The van der Waals surface area contributed by atoms with Crippen molar-refractivity contribution in [3.63, 3.8) is 0 Å². The summed E-state index contributed by atoms with van der Waals surface area (Å²) in [5.74, 6) is 0.745. The molecular formula is C20H19ClN2O2. The predicted molar refractivity (Wildman–Crippen MR) is 98.8 cm³/mol. The first-order valence-corrected chi connectivity index (χ1v) is 8.82. The molecule has 0 radical (unpaired) electrons. The van der Waals surface area contributed by atoms with E-state index in [0.717, 1.165) is 40.2 Å². The molecule has 0 aliphatic heterocycles. The number of nitrogens with one attached hydrogen (secondary N) is 2. The third-order valence-corrected chi connectivity index (χ3v) is 4.94. The predicted octanol–water partition coefficient (Wildman–Crippen LogP) is 5.13. The lowest BCUT2D eigenvalue weighted by Crippen LogP contribution is -2.38. The molecule has 1 heterocycles. The Hall–Kier alpha value is -2.46. The molecule has 1 aliphatic carbocycles. The third kappa shape index (κ3) is 3.22. The van der Waals surface area contributed by atoms with Gasteiger partial charge in [-0.3, -0.25) is 0 Å². The molecule has 5 heteroatoms. The second-order valence-corrected chi connectivity index (χ2v) is 6.90. The maximum atomic E-state index is 12.4. The van der Waals surface area contributed by atoms with Crippen LogP contribution in [0.1, 0.15) is 42.3 Å². The Morgan fingerprint density at radius 2 is 2.08 bits per heavy atom. The van der Waals surface area contributed by atoms with Gasteiger partial charge in [0, 0.05) is 10.4 Å². The summed E-state index contributed by atoms with van der Waals surface area (Å²) in [6.45, 7) is 1.92. The zero-order valence-corrected chi connectivity index (χ0v) is 14.6. The number of aryl methyl sites for hydroxylation is 1. The van der Waals surface area contributed by atoms with Gasteiger partial charge in [0.1, 0.15) is 11.3 Å². The smallest absolute Gasteiger partial charge is 0.315 e. The van der Waals surface area contributed by atoms with Crippen molar-refractivity contribution in [2.75, 3.05) is 0 Å². The molecule has 4 rings (SSSR count). The number of carbonyl (C=O) groups is 1. The van der Waals surface area contributed by atoms with Gasteiger partial charge in [0.2, 0.25) is 0 Å². The number of halogens is 1. The molecular weight excluding hydrogens is 336 g/mol. The zero-order valence-electron chi connectivity index (χ0n) is 13.9. The van der Waals surface area contributed by atoms with Crippen molar-refractivity contribution in [2.45, 2.75) is 31.8 Å². The van der Waals surface area contributed by atoms with Crippen LogP contribution in [0.2, 0.25) is 5.02 Å².